The summed E-state index contributed by atoms with van der Waals surface area (Å²) in [7, 11) is 0. The lowest BCUT2D eigenvalue weighted by atomic mass is 10.0. The molecule has 140 valence electrons. The molecule has 1 N–H and O–H groups in total. The SMILES string of the molecule is CCc1ccc(C2CNCCN2CC(=O)N2CCCCC2C)cc1.Cl. The van der Waals surface area contributed by atoms with E-state index in [2.05, 4.69) is 53.2 Å². The number of piperidine rings is 1. The largest absolute Gasteiger partial charge is 0.339 e. The molecular weight excluding hydrogens is 334 g/mol. The van der Waals surface area contributed by atoms with Crippen molar-refractivity contribution in [1.82, 2.24) is 15.1 Å². The van der Waals surface area contributed by atoms with Gasteiger partial charge in [-0.05, 0) is 43.7 Å². The van der Waals surface area contributed by atoms with Gasteiger partial charge < -0.3 is 10.2 Å². The number of likely N-dealkylation sites (tertiary alicyclic amines) is 1. The molecule has 2 heterocycles. The average Bonchev–Trinajstić information content (AvgIpc) is 2.62. The minimum absolute atomic E-state index is 0. The van der Waals surface area contributed by atoms with Crippen molar-refractivity contribution in [1.29, 1.82) is 0 Å². The summed E-state index contributed by atoms with van der Waals surface area (Å²) in [4.78, 5) is 17.3. The Kier molecular flexibility index (Phi) is 7.73. The highest BCUT2D eigenvalue weighted by molar-refractivity contribution is 5.85. The first kappa shape index (κ1) is 20.2. The Labute approximate surface area is 158 Å². The van der Waals surface area contributed by atoms with Crippen molar-refractivity contribution in [2.24, 2.45) is 0 Å². The van der Waals surface area contributed by atoms with E-state index in [-0.39, 0.29) is 12.4 Å². The van der Waals surface area contributed by atoms with E-state index in [1.54, 1.807) is 0 Å². The molecule has 0 saturated carbocycles. The van der Waals surface area contributed by atoms with Crippen LogP contribution in [0.4, 0.5) is 0 Å². The topological polar surface area (TPSA) is 35.6 Å². The van der Waals surface area contributed by atoms with E-state index in [0.29, 0.717) is 24.5 Å². The number of piperazine rings is 1. The van der Waals surface area contributed by atoms with Crippen LogP contribution in [0, 0.1) is 0 Å². The zero-order chi connectivity index (χ0) is 16.9. The van der Waals surface area contributed by atoms with Crippen molar-refractivity contribution < 1.29 is 4.79 Å². The highest BCUT2D eigenvalue weighted by Crippen LogP contribution is 2.24. The molecule has 2 unspecified atom stereocenters. The summed E-state index contributed by atoms with van der Waals surface area (Å²) in [6, 6.07) is 9.60. The fourth-order valence-corrected chi connectivity index (χ4v) is 3.97. The molecule has 0 bridgehead atoms. The highest BCUT2D eigenvalue weighted by Gasteiger charge is 2.29. The van der Waals surface area contributed by atoms with Gasteiger partial charge in [0.15, 0.2) is 0 Å². The summed E-state index contributed by atoms with van der Waals surface area (Å²) in [5.74, 6) is 0.305. The third-order valence-electron chi connectivity index (χ3n) is 5.59. The second-order valence-corrected chi connectivity index (χ2v) is 7.22. The maximum absolute atomic E-state index is 12.8. The van der Waals surface area contributed by atoms with Gasteiger partial charge in [-0.1, -0.05) is 31.2 Å². The molecule has 0 aromatic heterocycles. The van der Waals surface area contributed by atoms with Crippen LogP contribution in [0.3, 0.4) is 0 Å². The fraction of sp³-hybridized carbons (Fsp3) is 0.650. The number of amides is 1. The minimum atomic E-state index is 0. The van der Waals surface area contributed by atoms with Gasteiger partial charge in [0.1, 0.15) is 0 Å². The molecule has 2 aliphatic heterocycles. The van der Waals surface area contributed by atoms with Crippen molar-refractivity contribution >= 4 is 18.3 Å². The third kappa shape index (κ3) is 4.96. The summed E-state index contributed by atoms with van der Waals surface area (Å²) in [6.45, 7) is 8.68. The standard InChI is InChI=1S/C20H31N3O.ClH/c1-3-17-7-9-18(10-8-17)19-14-21-11-13-22(19)15-20(24)23-12-5-4-6-16(23)2;/h7-10,16,19,21H,3-6,11-15H2,1-2H3;1H. The van der Waals surface area contributed by atoms with Gasteiger partial charge in [-0.25, -0.2) is 0 Å². The second kappa shape index (κ2) is 9.56. The molecule has 2 fully saturated rings. The molecule has 2 saturated heterocycles. The van der Waals surface area contributed by atoms with Crippen LogP contribution in [0.5, 0.6) is 0 Å². The number of carbonyl (C=O) groups excluding carboxylic acids is 1. The number of nitrogens with zero attached hydrogens (tertiary/aromatic N) is 2. The minimum Gasteiger partial charge on any atom is -0.339 e. The summed E-state index contributed by atoms with van der Waals surface area (Å²) in [6.07, 6.45) is 4.62. The third-order valence-corrected chi connectivity index (χ3v) is 5.59. The van der Waals surface area contributed by atoms with Gasteiger partial charge in [-0.15, -0.1) is 12.4 Å². The maximum atomic E-state index is 12.8. The van der Waals surface area contributed by atoms with Gasteiger partial charge in [-0.3, -0.25) is 9.69 Å². The zero-order valence-electron chi connectivity index (χ0n) is 15.5. The van der Waals surface area contributed by atoms with Gasteiger partial charge in [0, 0.05) is 38.3 Å². The number of hydrogen-bond acceptors (Lipinski definition) is 3. The Morgan fingerprint density at radius 1 is 1.20 bits per heavy atom. The van der Waals surface area contributed by atoms with Gasteiger partial charge in [0.2, 0.25) is 5.91 Å². The molecular formula is C20H32ClN3O. The first-order valence-electron chi connectivity index (χ1n) is 9.52. The first-order valence-corrected chi connectivity index (χ1v) is 9.52. The van der Waals surface area contributed by atoms with Gasteiger partial charge >= 0.3 is 0 Å². The Hall–Kier alpha value is -1.10. The average molecular weight is 366 g/mol. The number of aryl methyl sites for hydroxylation is 1. The van der Waals surface area contributed by atoms with E-state index in [1.165, 1.54) is 17.5 Å². The molecule has 0 radical (unpaired) electrons. The molecule has 3 rings (SSSR count). The van der Waals surface area contributed by atoms with Crippen LogP contribution in [0.25, 0.3) is 0 Å². The molecule has 0 aliphatic carbocycles. The Bertz CT molecular complexity index is 548. The molecule has 2 atom stereocenters. The Morgan fingerprint density at radius 3 is 2.64 bits per heavy atom. The number of nitrogens with one attached hydrogen (secondary N) is 1. The summed E-state index contributed by atoms with van der Waals surface area (Å²) >= 11 is 0. The number of carbonyl (C=O) groups is 1. The molecule has 1 aromatic carbocycles. The maximum Gasteiger partial charge on any atom is 0.237 e. The summed E-state index contributed by atoms with van der Waals surface area (Å²) < 4.78 is 0. The predicted molar refractivity (Wildman–Crippen MR) is 105 cm³/mol. The van der Waals surface area contributed by atoms with Crippen molar-refractivity contribution in [2.75, 3.05) is 32.7 Å². The molecule has 4 nitrogen and oxygen atoms in total. The fourth-order valence-electron chi connectivity index (χ4n) is 3.97. The second-order valence-electron chi connectivity index (χ2n) is 7.22. The van der Waals surface area contributed by atoms with Crippen LogP contribution in [-0.4, -0.2) is 54.5 Å². The molecule has 2 aliphatic rings. The summed E-state index contributed by atoms with van der Waals surface area (Å²) in [5.41, 5.74) is 2.69. The molecule has 5 heteroatoms. The zero-order valence-corrected chi connectivity index (χ0v) is 16.4. The Balaban J connectivity index is 0.00000225. The van der Waals surface area contributed by atoms with Crippen molar-refractivity contribution in [2.45, 2.75) is 51.6 Å². The van der Waals surface area contributed by atoms with E-state index < -0.39 is 0 Å². The van der Waals surface area contributed by atoms with E-state index >= 15 is 0 Å². The normalized spacial score (nSPS) is 24.6. The Morgan fingerprint density at radius 2 is 1.96 bits per heavy atom. The number of benzene rings is 1. The quantitative estimate of drug-likeness (QED) is 0.890. The lowest BCUT2D eigenvalue weighted by Gasteiger charge is -2.39. The van der Waals surface area contributed by atoms with E-state index in [4.69, 9.17) is 0 Å². The first-order chi connectivity index (χ1) is 11.7. The lowest BCUT2D eigenvalue weighted by Crippen LogP contribution is -2.52. The number of rotatable bonds is 4. The van der Waals surface area contributed by atoms with Crippen LogP contribution in [0.1, 0.15) is 50.3 Å². The predicted octanol–water partition coefficient (Wildman–Crippen LogP) is 3.02. The molecule has 0 spiro atoms. The van der Waals surface area contributed by atoms with Gasteiger partial charge in [-0.2, -0.15) is 0 Å². The molecule has 25 heavy (non-hydrogen) atoms. The van der Waals surface area contributed by atoms with Crippen LogP contribution < -0.4 is 5.32 Å². The van der Waals surface area contributed by atoms with Crippen LogP contribution in [0.15, 0.2) is 24.3 Å². The summed E-state index contributed by atoms with van der Waals surface area (Å²) in [5, 5.41) is 3.49. The number of halogens is 1. The van der Waals surface area contributed by atoms with Gasteiger partial charge in [0.05, 0.1) is 6.54 Å². The molecule has 1 amide bonds. The van der Waals surface area contributed by atoms with Gasteiger partial charge in [0.25, 0.3) is 0 Å². The monoisotopic (exact) mass is 365 g/mol. The van der Waals surface area contributed by atoms with Crippen LogP contribution >= 0.6 is 12.4 Å². The number of hydrogen-bond donors (Lipinski definition) is 1. The van der Waals surface area contributed by atoms with E-state index in [9.17, 15) is 4.79 Å². The van der Waals surface area contributed by atoms with E-state index in [0.717, 1.165) is 45.4 Å². The van der Waals surface area contributed by atoms with Crippen LogP contribution in [0.2, 0.25) is 0 Å². The van der Waals surface area contributed by atoms with E-state index in [1.807, 2.05) is 0 Å². The van der Waals surface area contributed by atoms with Crippen molar-refractivity contribution in [3.05, 3.63) is 35.4 Å². The van der Waals surface area contributed by atoms with Crippen LogP contribution in [-0.2, 0) is 11.2 Å². The van der Waals surface area contributed by atoms with Crippen molar-refractivity contribution in [3.63, 3.8) is 0 Å². The lowest BCUT2D eigenvalue weighted by molar-refractivity contribution is -0.136. The smallest absolute Gasteiger partial charge is 0.237 e. The highest BCUT2D eigenvalue weighted by atomic mass is 35.5. The molecule has 1 aromatic rings. The van der Waals surface area contributed by atoms with Crippen molar-refractivity contribution in [3.8, 4) is 0 Å².